The molecule has 1 saturated heterocycles. The Labute approximate surface area is 211 Å². The van der Waals surface area contributed by atoms with Crippen LogP contribution in [0.5, 0.6) is 0 Å². The minimum absolute atomic E-state index is 0.00256. The van der Waals surface area contributed by atoms with Gasteiger partial charge in [0.15, 0.2) is 0 Å². The van der Waals surface area contributed by atoms with Crippen LogP contribution in [0, 0.1) is 17.8 Å². The minimum atomic E-state index is -1.79. The number of carbonyl (C=O) groups is 1. The van der Waals surface area contributed by atoms with Crippen molar-refractivity contribution in [3.8, 4) is 0 Å². The second-order valence-corrected chi connectivity index (χ2v) is 15.9. The number of rotatable bonds is 6. The number of ether oxygens (including phenoxy) is 2. The van der Waals surface area contributed by atoms with E-state index < -0.39 is 8.07 Å². The lowest BCUT2D eigenvalue weighted by Gasteiger charge is -2.37. The van der Waals surface area contributed by atoms with Crippen molar-refractivity contribution in [2.24, 2.45) is 17.8 Å². The van der Waals surface area contributed by atoms with Crippen molar-refractivity contribution in [1.29, 1.82) is 0 Å². The van der Waals surface area contributed by atoms with Crippen molar-refractivity contribution in [2.75, 3.05) is 0 Å². The van der Waals surface area contributed by atoms with Crippen LogP contribution >= 0.6 is 0 Å². The molecule has 1 aliphatic carbocycles. The van der Waals surface area contributed by atoms with Gasteiger partial charge in [0.2, 0.25) is 0 Å². The lowest BCUT2D eigenvalue weighted by Crippen LogP contribution is -2.47. The van der Waals surface area contributed by atoms with E-state index in [-0.39, 0.29) is 30.1 Å². The highest BCUT2D eigenvalue weighted by Gasteiger charge is 2.53. The Balaban J connectivity index is 1.49. The van der Waals surface area contributed by atoms with E-state index in [1.807, 2.05) is 6.07 Å². The average molecular weight is 487 g/mol. The highest BCUT2D eigenvalue weighted by atomic mass is 28.3. The van der Waals surface area contributed by atoms with Gasteiger partial charge in [0.05, 0.1) is 33.0 Å². The molecule has 2 bridgehead atoms. The van der Waals surface area contributed by atoms with E-state index in [4.69, 9.17) is 9.47 Å². The molecule has 2 heterocycles. The van der Waals surface area contributed by atoms with E-state index in [9.17, 15) is 4.79 Å². The van der Waals surface area contributed by atoms with Crippen molar-refractivity contribution in [2.45, 2.75) is 69.7 Å². The third-order valence-corrected chi connectivity index (χ3v) is 12.9. The van der Waals surface area contributed by atoms with Gasteiger partial charge in [-0.05, 0) is 37.3 Å². The zero-order valence-corrected chi connectivity index (χ0v) is 22.2. The molecule has 5 rings (SSSR count). The molecule has 3 nitrogen and oxygen atoms in total. The van der Waals surface area contributed by atoms with Crippen LogP contribution in [0.25, 0.3) is 0 Å². The van der Waals surface area contributed by atoms with Crippen molar-refractivity contribution in [3.63, 3.8) is 0 Å². The fraction of sp³-hybridized carbons (Fsp3) is 0.452. The molecule has 3 aliphatic rings. The predicted octanol–water partition coefficient (Wildman–Crippen LogP) is 6.07. The monoisotopic (exact) mass is 486 g/mol. The largest absolute Gasteiger partial charge is 0.371 e. The normalized spacial score (nSPS) is 33.6. The van der Waals surface area contributed by atoms with Crippen LogP contribution in [0.15, 0.2) is 84.5 Å². The molecule has 0 radical (unpaired) electrons. The van der Waals surface area contributed by atoms with E-state index >= 15 is 0 Å². The summed E-state index contributed by atoms with van der Waals surface area (Å²) in [6, 6.07) is 21.4. The molecule has 1 fully saturated rings. The molecule has 35 heavy (non-hydrogen) atoms. The van der Waals surface area contributed by atoms with E-state index in [2.05, 4.69) is 92.8 Å². The summed E-state index contributed by atoms with van der Waals surface area (Å²) < 4.78 is 13.5. The molecule has 7 atom stereocenters. The first kappa shape index (κ1) is 24.4. The Bertz CT molecular complexity index is 1060. The Kier molecular flexibility index (Phi) is 7.24. The summed E-state index contributed by atoms with van der Waals surface area (Å²) in [4.78, 5) is 12.2. The first-order valence-electron chi connectivity index (χ1n) is 13.1. The van der Waals surface area contributed by atoms with Gasteiger partial charge in [-0.25, -0.2) is 0 Å². The summed E-state index contributed by atoms with van der Waals surface area (Å²) in [5, 5.41) is 1.48. The second kappa shape index (κ2) is 10.4. The number of fused-ring (bicyclic) bond motifs is 5. The fourth-order valence-corrected chi connectivity index (χ4v) is 9.55. The maximum absolute atomic E-state index is 12.2. The molecule has 2 aliphatic heterocycles. The maximum Gasteiger partial charge on any atom is 0.123 e. The molecular weight excluding hydrogens is 448 g/mol. The van der Waals surface area contributed by atoms with Gasteiger partial charge in [-0.15, -0.1) is 0 Å². The lowest BCUT2D eigenvalue weighted by atomic mass is 9.68. The van der Waals surface area contributed by atoms with Crippen LogP contribution in [-0.4, -0.2) is 32.7 Å². The standard InChI is InChI=1S/C31H38O3Si/c1-22-17-18-24(20-32)30-29(22)28-19-26(35(2,3)25-13-8-5-9-14-25)15-10-16-27(31(30)34-28)33-21-23-11-6-4-7-12-23/h4-15,17,20,24,26-31H,16,18-19,21H2,1-3H3/b15-10-/t24-,26-,27+,28?,29-,30-,31?/m1/s1. The molecule has 2 aromatic carbocycles. The summed E-state index contributed by atoms with van der Waals surface area (Å²) in [5.41, 5.74) is 3.03. The van der Waals surface area contributed by atoms with Gasteiger partial charge >= 0.3 is 0 Å². The topological polar surface area (TPSA) is 35.5 Å². The quantitative estimate of drug-likeness (QED) is 0.282. The molecular formula is C31H38O3Si. The number of hydrogen-bond acceptors (Lipinski definition) is 3. The van der Waals surface area contributed by atoms with E-state index in [1.165, 1.54) is 22.6 Å². The number of hydrogen-bond donors (Lipinski definition) is 0. The van der Waals surface area contributed by atoms with Crippen LogP contribution < -0.4 is 5.19 Å². The molecule has 0 amide bonds. The Hall–Kier alpha value is -2.27. The van der Waals surface area contributed by atoms with Gasteiger partial charge < -0.3 is 14.3 Å². The highest BCUT2D eigenvalue weighted by molar-refractivity contribution is 6.91. The average Bonchev–Trinajstić information content (AvgIpc) is 3.30. The molecule has 0 spiro atoms. The van der Waals surface area contributed by atoms with Gasteiger partial charge in [-0.2, -0.15) is 0 Å². The summed E-state index contributed by atoms with van der Waals surface area (Å²) in [7, 11) is -1.79. The van der Waals surface area contributed by atoms with Gasteiger partial charge in [-0.1, -0.05) is 103 Å². The van der Waals surface area contributed by atoms with Crippen molar-refractivity contribution in [1.82, 2.24) is 0 Å². The minimum Gasteiger partial charge on any atom is -0.371 e. The second-order valence-electron chi connectivity index (χ2n) is 11.2. The smallest absolute Gasteiger partial charge is 0.123 e. The molecule has 0 saturated carbocycles. The van der Waals surface area contributed by atoms with Crippen LogP contribution in [0.2, 0.25) is 18.6 Å². The summed E-state index contributed by atoms with van der Waals surface area (Å²) in [6.07, 6.45) is 10.9. The SMILES string of the molecule is CC1=CC[C@H](C=O)[C@H]2C3OC(C[C@H]([Si](C)(C)c4ccccc4)/C=C\C[C@@H]3OCc3ccccc3)[C@@H]12. The molecule has 2 unspecified atom stereocenters. The van der Waals surface area contributed by atoms with E-state index in [0.29, 0.717) is 18.1 Å². The molecule has 0 N–H and O–H groups in total. The summed E-state index contributed by atoms with van der Waals surface area (Å²) in [6.45, 7) is 7.78. The van der Waals surface area contributed by atoms with Crippen molar-refractivity contribution in [3.05, 3.63) is 90.0 Å². The summed E-state index contributed by atoms with van der Waals surface area (Å²) >= 11 is 0. The molecule has 184 valence electrons. The number of benzene rings is 2. The van der Waals surface area contributed by atoms with Gasteiger partial charge in [0.25, 0.3) is 0 Å². The Morgan fingerprint density at radius 1 is 1.03 bits per heavy atom. The fourth-order valence-electron chi connectivity index (χ4n) is 6.63. The third kappa shape index (κ3) is 4.89. The third-order valence-electron chi connectivity index (χ3n) is 8.77. The van der Waals surface area contributed by atoms with Crippen molar-refractivity contribution >= 4 is 19.5 Å². The van der Waals surface area contributed by atoms with Crippen molar-refractivity contribution < 1.29 is 14.3 Å². The van der Waals surface area contributed by atoms with Crippen LogP contribution in [0.3, 0.4) is 0 Å². The van der Waals surface area contributed by atoms with E-state index in [1.54, 1.807) is 0 Å². The summed E-state index contributed by atoms with van der Waals surface area (Å²) in [5.74, 6) is 0.487. The number of allylic oxidation sites excluding steroid dienone is 2. The van der Waals surface area contributed by atoms with Crippen LogP contribution in [0.1, 0.15) is 31.7 Å². The Morgan fingerprint density at radius 2 is 1.74 bits per heavy atom. The first-order chi connectivity index (χ1) is 17.0. The highest BCUT2D eigenvalue weighted by Crippen LogP contribution is 2.51. The maximum atomic E-state index is 12.2. The zero-order chi connectivity index (χ0) is 24.4. The number of aldehydes is 1. The van der Waals surface area contributed by atoms with Gasteiger partial charge in [-0.3, -0.25) is 0 Å². The molecule has 4 heteroatoms. The van der Waals surface area contributed by atoms with Gasteiger partial charge in [0.1, 0.15) is 6.29 Å². The Morgan fingerprint density at radius 3 is 2.46 bits per heavy atom. The molecule has 2 aromatic rings. The first-order valence-corrected chi connectivity index (χ1v) is 16.2. The zero-order valence-electron chi connectivity index (χ0n) is 21.2. The predicted molar refractivity (Wildman–Crippen MR) is 144 cm³/mol. The number of carbonyl (C=O) groups excluding carboxylic acids is 1. The van der Waals surface area contributed by atoms with Crippen LogP contribution in [0.4, 0.5) is 0 Å². The van der Waals surface area contributed by atoms with Gasteiger partial charge in [0, 0.05) is 17.8 Å². The van der Waals surface area contributed by atoms with E-state index in [0.717, 1.165) is 19.3 Å². The molecule has 0 aromatic heterocycles. The lowest BCUT2D eigenvalue weighted by molar-refractivity contribution is -0.117. The van der Waals surface area contributed by atoms with Crippen LogP contribution in [-0.2, 0) is 20.9 Å².